The molecule has 0 unspecified atom stereocenters. The van der Waals surface area contributed by atoms with Crippen molar-refractivity contribution in [2.75, 3.05) is 44.6 Å². The van der Waals surface area contributed by atoms with Crippen LogP contribution >= 0.6 is 11.3 Å². The summed E-state index contributed by atoms with van der Waals surface area (Å²) in [6.45, 7) is 8.26. The fraction of sp³-hybridized carbons (Fsp3) is 0.368. The monoisotopic (exact) mass is 418 g/mol. The molecule has 2 aromatic rings. The van der Waals surface area contributed by atoms with Gasteiger partial charge in [0.2, 0.25) is 10.9 Å². The average Bonchev–Trinajstić information content (AvgIpc) is 3.18. The molecule has 1 aliphatic rings. The van der Waals surface area contributed by atoms with Gasteiger partial charge in [-0.2, -0.15) is 0 Å². The Morgan fingerprint density at radius 3 is 2.52 bits per heavy atom. The van der Waals surface area contributed by atoms with Crippen molar-refractivity contribution in [2.45, 2.75) is 6.54 Å². The number of nitrogens with zero attached hydrogens (tertiary/aromatic N) is 4. The largest absolute Gasteiger partial charge is 0.352 e. The molecule has 2 N–H and O–H groups in total. The predicted molar refractivity (Wildman–Crippen MR) is 109 cm³/mol. The van der Waals surface area contributed by atoms with Gasteiger partial charge < -0.3 is 10.6 Å². The van der Waals surface area contributed by atoms with Crippen molar-refractivity contribution in [3.8, 4) is 0 Å². The first-order valence-electron chi connectivity index (χ1n) is 9.25. The maximum atomic E-state index is 12.9. The zero-order valence-corrected chi connectivity index (χ0v) is 16.8. The van der Waals surface area contributed by atoms with Crippen molar-refractivity contribution in [1.82, 2.24) is 25.3 Å². The van der Waals surface area contributed by atoms with Crippen molar-refractivity contribution in [2.24, 2.45) is 0 Å². The number of amides is 2. The van der Waals surface area contributed by atoms with Gasteiger partial charge in [0.1, 0.15) is 10.8 Å². The Morgan fingerprint density at radius 1 is 1.14 bits per heavy atom. The van der Waals surface area contributed by atoms with Crippen molar-refractivity contribution >= 4 is 28.8 Å². The second kappa shape index (κ2) is 10.2. The first-order chi connectivity index (χ1) is 14.0. The fourth-order valence-corrected chi connectivity index (χ4v) is 3.65. The molecular weight excluding hydrogens is 395 g/mol. The fourth-order valence-electron chi connectivity index (χ4n) is 2.87. The molecule has 1 saturated heterocycles. The maximum absolute atomic E-state index is 12.9. The van der Waals surface area contributed by atoms with Crippen LogP contribution in [0, 0.1) is 5.82 Å². The van der Waals surface area contributed by atoms with Crippen molar-refractivity contribution in [3.63, 3.8) is 0 Å². The van der Waals surface area contributed by atoms with Gasteiger partial charge in [0.15, 0.2) is 0 Å². The number of carbonyl (C=O) groups excluding carboxylic acids is 2. The van der Waals surface area contributed by atoms with Crippen molar-refractivity contribution in [1.29, 1.82) is 0 Å². The van der Waals surface area contributed by atoms with Gasteiger partial charge >= 0.3 is 0 Å². The number of piperazine rings is 1. The number of anilines is 1. The number of hydrogen-bond acceptors (Lipinski definition) is 7. The van der Waals surface area contributed by atoms with Crippen LogP contribution in [0.4, 0.5) is 10.1 Å². The van der Waals surface area contributed by atoms with Crippen LogP contribution in [0.15, 0.2) is 36.9 Å². The zero-order chi connectivity index (χ0) is 20.6. The van der Waals surface area contributed by atoms with E-state index >= 15 is 0 Å². The van der Waals surface area contributed by atoms with Crippen LogP contribution in [-0.4, -0.2) is 71.1 Å². The Kier molecular flexibility index (Phi) is 7.39. The molecule has 0 radical (unpaired) electrons. The third-order valence-electron chi connectivity index (χ3n) is 4.40. The van der Waals surface area contributed by atoms with Crippen LogP contribution in [0.3, 0.4) is 0 Å². The highest BCUT2D eigenvalue weighted by molar-refractivity contribution is 7.13. The van der Waals surface area contributed by atoms with E-state index in [9.17, 15) is 14.0 Å². The van der Waals surface area contributed by atoms with E-state index in [1.807, 2.05) is 0 Å². The Balaban J connectivity index is 1.44. The molecule has 0 atom stereocenters. The molecule has 0 saturated carbocycles. The average molecular weight is 418 g/mol. The second-order valence-electron chi connectivity index (χ2n) is 6.61. The van der Waals surface area contributed by atoms with E-state index in [2.05, 4.69) is 37.2 Å². The van der Waals surface area contributed by atoms with Crippen LogP contribution in [0.5, 0.6) is 0 Å². The first kappa shape index (κ1) is 21.0. The van der Waals surface area contributed by atoms with Gasteiger partial charge in [0.05, 0.1) is 13.1 Å². The highest BCUT2D eigenvalue weighted by Crippen LogP contribution is 2.16. The summed E-state index contributed by atoms with van der Waals surface area (Å²) in [5, 5.41) is 14.5. The lowest BCUT2D eigenvalue weighted by atomic mass is 10.3. The molecule has 2 amide bonds. The number of hydrogen-bond donors (Lipinski definition) is 2. The molecule has 0 aliphatic carbocycles. The van der Waals surface area contributed by atoms with Crippen LogP contribution in [0.2, 0.25) is 0 Å². The predicted octanol–water partition coefficient (Wildman–Crippen LogP) is 1.35. The minimum absolute atomic E-state index is 0.000665. The van der Waals surface area contributed by atoms with Gasteiger partial charge in [-0.25, -0.2) is 4.39 Å². The van der Waals surface area contributed by atoms with E-state index in [1.54, 1.807) is 6.08 Å². The molecule has 10 heteroatoms. The van der Waals surface area contributed by atoms with Crippen LogP contribution in [-0.2, 0) is 11.3 Å². The van der Waals surface area contributed by atoms with Gasteiger partial charge in [-0.3, -0.25) is 19.4 Å². The van der Waals surface area contributed by atoms with E-state index in [4.69, 9.17) is 0 Å². The van der Waals surface area contributed by atoms with Gasteiger partial charge in [0.25, 0.3) is 5.91 Å². The second-order valence-corrected chi connectivity index (χ2v) is 7.67. The lowest BCUT2D eigenvalue weighted by molar-refractivity contribution is -0.122. The SMILES string of the molecule is C=CCNC(=O)CN1CCN(Cc2nnc(C(=O)Nc3ccc(F)cc3)s2)CC1. The summed E-state index contributed by atoms with van der Waals surface area (Å²) < 4.78 is 12.9. The normalized spacial score (nSPS) is 15.1. The number of carbonyl (C=O) groups is 2. The minimum atomic E-state index is -0.365. The highest BCUT2D eigenvalue weighted by atomic mass is 32.1. The molecule has 29 heavy (non-hydrogen) atoms. The number of nitrogens with one attached hydrogen (secondary N) is 2. The number of aromatic nitrogens is 2. The Hall–Kier alpha value is -2.69. The molecule has 1 aromatic carbocycles. The van der Waals surface area contributed by atoms with Gasteiger partial charge in [-0.1, -0.05) is 17.4 Å². The summed E-state index contributed by atoms with van der Waals surface area (Å²) in [7, 11) is 0. The van der Waals surface area contributed by atoms with Gasteiger partial charge in [-0.05, 0) is 24.3 Å². The van der Waals surface area contributed by atoms with E-state index in [-0.39, 0.29) is 22.6 Å². The van der Waals surface area contributed by atoms with Crippen molar-refractivity contribution in [3.05, 3.63) is 52.8 Å². The third kappa shape index (κ3) is 6.41. The molecule has 3 rings (SSSR count). The number of rotatable bonds is 8. The summed E-state index contributed by atoms with van der Waals surface area (Å²) in [6.07, 6.45) is 1.66. The topological polar surface area (TPSA) is 90.5 Å². The van der Waals surface area contributed by atoms with Crippen molar-refractivity contribution < 1.29 is 14.0 Å². The smallest absolute Gasteiger partial charge is 0.286 e. The minimum Gasteiger partial charge on any atom is -0.352 e. The first-order valence-corrected chi connectivity index (χ1v) is 10.1. The molecule has 1 fully saturated rings. The van der Waals surface area contributed by atoms with E-state index < -0.39 is 0 Å². The Labute approximate surface area is 172 Å². The molecule has 1 aromatic heterocycles. The molecule has 0 bridgehead atoms. The molecule has 1 aliphatic heterocycles. The van der Waals surface area contributed by atoms with Gasteiger partial charge in [0, 0.05) is 38.4 Å². The molecule has 0 spiro atoms. The number of benzene rings is 1. The summed E-state index contributed by atoms with van der Waals surface area (Å²) in [5.74, 6) is -0.728. The summed E-state index contributed by atoms with van der Waals surface area (Å²) in [6, 6.07) is 5.55. The molecule has 8 nitrogen and oxygen atoms in total. The van der Waals surface area contributed by atoms with E-state index in [0.29, 0.717) is 25.3 Å². The Bertz CT molecular complexity index is 849. The third-order valence-corrected chi connectivity index (χ3v) is 5.30. The molecular formula is C19H23FN6O2S. The number of halogens is 1. The van der Waals surface area contributed by atoms with E-state index in [1.165, 1.54) is 35.6 Å². The summed E-state index contributed by atoms with van der Waals surface area (Å²) in [5.41, 5.74) is 0.501. The molecule has 2 heterocycles. The highest BCUT2D eigenvalue weighted by Gasteiger charge is 2.21. The molecule has 154 valence electrons. The standard InChI is InChI=1S/C19H23FN6O2S/c1-2-7-21-16(27)12-25-8-10-26(11-9-25)13-17-23-24-19(29-17)18(28)22-15-5-3-14(20)4-6-15/h2-6H,1,7-13H2,(H,21,27)(H,22,28). The maximum Gasteiger partial charge on any atom is 0.286 e. The zero-order valence-electron chi connectivity index (χ0n) is 15.9. The van der Waals surface area contributed by atoms with Crippen LogP contribution < -0.4 is 10.6 Å². The lowest BCUT2D eigenvalue weighted by Gasteiger charge is -2.33. The summed E-state index contributed by atoms with van der Waals surface area (Å²) in [4.78, 5) is 28.4. The van der Waals surface area contributed by atoms with E-state index in [0.717, 1.165) is 31.2 Å². The van der Waals surface area contributed by atoms with Crippen LogP contribution in [0.1, 0.15) is 14.8 Å². The van der Waals surface area contributed by atoms with Crippen LogP contribution in [0.25, 0.3) is 0 Å². The Morgan fingerprint density at radius 2 is 1.83 bits per heavy atom. The lowest BCUT2D eigenvalue weighted by Crippen LogP contribution is -2.49. The van der Waals surface area contributed by atoms with Gasteiger partial charge in [-0.15, -0.1) is 16.8 Å². The summed E-state index contributed by atoms with van der Waals surface area (Å²) >= 11 is 1.24. The quantitative estimate of drug-likeness (QED) is 0.629.